The lowest BCUT2D eigenvalue weighted by Crippen LogP contribution is -2.73. The summed E-state index contributed by atoms with van der Waals surface area (Å²) >= 11 is 0. The average molecular weight is 517 g/mol. The van der Waals surface area contributed by atoms with E-state index in [0.29, 0.717) is 10.5 Å². The first kappa shape index (κ1) is 24.8. The van der Waals surface area contributed by atoms with Crippen LogP contribution in [0.3, 0.4) is 0 Å². The number of halogens is 2. The molecule has 2 saturated heterocycles. The van der Waals surface area contributed by atoms with Crippen LogP contribution < -0.4 is 15.4 Å². The van der Waals surface area contributed by atoms with E-state index in [-0.39, 0.29) is 24.3 Å². The van der Waals surface area contributed by atoms with Crippen molar-refractivity contribution in [2.75, 3.05) is 22.9 Å². The van der Waals surface area contributed by atoms with Gasteiger partial charge in [0, 0.05) is 37.3 Å². The van der Waals surface area contributed by atoms with E-state index in [2.05, 4.69) is 16.9 Å². The number of hydrogen-bond donors (Lipinski definition) is 0. The number of amides is 4. The summed E-state index contributed by atoms with van der Waals surface area (Å²) in [6.45, 7) is 1.37. The van der Waals surface area contributed by atoms with Crippen LogP contribution in [-0.2, 0) is 16.6 Å². The third-order valence-electron chi connectivity index (χ3n) is 6.65. The molecule has 2 aliphatic rings. The van der Waals surface area contributed by atoms with E-state index in [9.17, 15) is 19.2 Å². The van der Waals surface area contributed by atoms with E-state index in [0.717, 1.165) is 21.7 Å². The van der Waals surface area contributed by atoms with Gasteiger partial charge in [0.05, 0.1) is 18.3 Å². The summed E-state index contributed by atoms with van der Waals surface area (Å²) in [5.41, 5.74) is -1.97. The zero-order chi connectivity index (χ0) is 27.2. The minimum atomic E-state index is -1.61. The topological polar surface area (TPSA) is 95.8 Å². The molecule has 11 heteroatoms. The van der Waals surface area contributed by atoms with E-state index in [4.69, 9.17) is 0 Å². The van der Waals surface area contributed by atoms with Crippen molar-refractivity contribution in [1.82, 2.24) is 14.7 Å². The van der Waals surface area contributed by atoms with Gasteiger partial charge in [-0.3, -0.25) is 14.4 Å². The molecule has 1 atom stereocenters. The first-order valence-electron chi connectivity index (χ1n) is 11.7. The van der Waals surface area contributed by atoms with E-state index < -0.39 is 52.7 Å². The summed E-state index contributed by atoms with van der Waals surface area (Å²) in [5, 5.41) is 3.92. The van der Waals surface area contributed by atoms with Crippen LogP contribution in [-0.4, -0.2) is 51.2 Å². The maximum atomic E-state index is 15.1. The highest BCUT2D eigenvalue weighted by atomic mass is 19.1. The predicted octanol–water partition coefficient (Wildman–Crippen LogP) is 2.42. The molecule has 0 aliphatic carbocycles. The van der Waals surface area contributed by atoms with Gasteiger partial charge in [-0.1, -0.05) is 30.0 Å². The lowest BCUT2D eigenvalue weighted by atomic mass is 9.88. The number of anilines is 2. The number of fused-ring (bicyclic) bond motifs is 1. The summed E-state index contributed by atoms with van der Waals surface area (Å²) in [5.74, 6) is 1.66. The first-order valence-corrected chi connectivity index (χ1v) is 11.7. The fourth-order valence-electron chi connectivity index (χ4n) is 4.62. The molecule has 2 aromatic carbocycles. The average Bonchev–Trinajstić information content (AvgIpc) is 2.88. The number of carbonyl (C=O) groups is 3. The highest BCUT2D eigenvalue weighted by Gasteiger charge is 2.56. The maximum Gasteiger partial charge on any atom is 0.332 e. The monoisotopic (exact) mass is 517 g/mol. The number of piperazine rings is 1. The van der Waals surface area contributed by atoms with Crippen molar-refractivity contribution < 1.29 is 23.2 Å². The smallest absolute Gasteiger partial charge is 0.307 e. The van der Waals surface area contributed by atoms with Gasteiger partial charge in [0.15, 0.2) is 11.6 Å². The van der Waals surface area contributed by atoms with Crippen molar-refractivity contribution >= 4 is 29.2 Å². The normalized spacial score (nSPS) is 19.3. The second kappa shape index (κ2) is 9.23. The second-order valence-electron chi connectivity index (χ2n) is 9.15. The van der Waals surface area contributed by atoms with E-state index in [1.165, 1.54) is 31.1 Å². The fourth-order valence-corrected chi connectivity index (χ4v) is 4.62. The molecule has 9 nitrogen and oxygen atoms in total. The van der Waals surface area contributed by atoms with Crippen LogP contribution in [0.1, 0.15) is 24.5 Å². The zero-order valence-electron chi connectivity index (χ0n) is 20.4. The van der Waals surface area contributed by atoms with Crippen molar-refractivity contribution in [2.24, 2.45) is 7.05 Å². The zero-order valence-corrected chi connectivity index (χ0v) is 20.4. The van der Waals surface area contributed by atoms with Gasteiger partial charge in [-0.25, -0.2) is 23.2 Å². The van der Waals surface area contributed by atoms with Gasteiger partial charge in [-0.05, 0) is 31.2 Å². The van der Waals surface area contributed by atoms with Crippen LogP contribution in [0.4, 0.5) is 25.0 Å². The van der Waals surface area contributed by atoms with E-state index in [1.807, 2.05) is 6.07 Å². The molecule has 5 rings (SSSR count). The minimum absolute atomic E-state index is 0.00395. The number of benzene rings is 2. The highest BCUT2D eigenvalue weighted by molar-refractivity contribution is 6.20. The molecule has 0 spiro atoms. The van der Waals surface area contributed by atoms with Crippen molar-refractivity contribution in [2.45, 2.75) is 18.9 Å². The molecule has 0 radical (unpaired) electrons. The summed E-state index contributed by atoms with van der Waals surface area (Å²) in [7, 11) is 1.46. The maximum absolute atomic E-state index is 15.1. The first-order chi connectivity index (χ1) is 18.1. The molecule has 2 fully saturated rings. The number of hydrogen-bond acceptors (Lipinski definition) is 5. The largest absolute Gasteiger partial charge is 0.332 e. The lowest BCUT2D eigenvalue weighted by molar-refractivity contribution is -0.137. The molecule has 0 saturated carbocycles. The summed E-state index contributed by atoms with van der Waals surface area (Å²) in [6, 6.07) is 11.0. The number of nitrogens with zero attached hydrogens (tertiary/aromatic N) is 5. The van der Waals surface area contributed by atoms with Crippen molar-refractivity contribution in [3.63, 3.8) is 0 Å². The molecule has 2 aliphatic heterocycles. The number of urea groups is 1. The Bertz CT molecular complexity index is 1590. The summed E-state index contributed by atoms with van der Waals surface area (Å²) < 4.78 is 31.4. The van der Waals surface area contributed by atoms with Crippen LogP contribution in [0.15, 0.2) is 59.5 Å². The molecule has 1 aromatic heterocycles. The molecular weight excluding hydrogens is 496 g/mol. The predicted molar refractivity (Wildman–Crippen MR) is 133 cm³/mol. The van der Waals surface area contributed by atoms with Crippen LogP contribution in [0.25, 0.3) is 0 Å². The van der Waals surface area contributed by atoms with Crippen LogP contribution in [0, 0.1) is 23.5 Å². The Morgan fingerprint density at radius 3 is 2.24 bits per heavy atom. The van der Waals surface area contributed by atoms with Gasteiger partial charge in [0.1, 0.15) is 11.2 Å². The number of aromatic nitrogens is 2. The number of imide groups is 1. The van der Waals surface area contributed by atoms with Gasteiger partial charge >= 0.3 is 6.03 Å². The summed E-state index contributed by atoms with van der Waals surface area (Å²) in [4.78, 5) is 54.8. The van der Waals surface area contributed by atoms with Gasteiger partial charge in [0.2, 0.25) is 5.91 Å². The number of aryl methyl sites for hydroxylation is 1. The molecule has 1 unspecified atom stereocenters. The van der Waals surface area contributed by atoms with E-state index >= 15 is 8.78 Å². The fraction of sp³-hybridized carbons (Fsp3) is 0.222. The Hall–Kier alpha value is -4.85. The Morgan fingerprint density at radius 1 is 0.921 bits per heavy atom. The quantitative estimate of drug-likeness (QED) is 0.487. The lowest BCUT2D eigenvalue weighted by Gasteiger charge is -2.51. The molecular formula is C27H21F2N5O4. The van der Waals surface area contributed by atoms with Gasteiger partial charge < -0.3 is 9.80 Å². The van der Waals surface area contributed by atoms with Gasteiger partial charge in [0.25, 0.3) is 11.5 Å². The Labute approximate surface area is 215 Å². The Kier molecular flexibility index (Phi) is 6.03. The van der Waals surface area contributed by atoms with Crippen LogP contribution in [0.5, 0.6) is 0 Å². The molecule has 0 bridgehead atoms. The second-order valence-corrected chi connectivity index (χ2v) is 9.15. The Morgan fingerprint density at radius 2 is 1.58 bits per heavy atom. The van der Waals surface area contributed by atoms with E-state index in [1.54, 1.807) is 24.3 Å². The molecule has 3 aromatic rings. The van der Waals surface area contributed by atoms with Crippen molar-refractivity contribution in [1.29, 1.82) is 0 Å². The minimum Gasteiger partial charge on any atom is -0.307 e. The van der Waals surface area contributed by atoms with Crippen LogP contribution >= 0.6 is 0 Å². The highest BCUT2D eigenvalue weighted by Crippen LogP contribution is 2.37. The molecule has 4 amide bonds. The number of carbonyl (C=O) groups excluding carboxylic acids is 3. The third-order valence-corrected chi connectivity index (χ3v) is 6.65. The van der Waals surface area contributed by atoms with Crippen LogP contribution in [0.2, 0.25) is 0 Å². The standard InChI is InChI=1S/C27H21F2N5O4/c1-27-15-23(36)34(24-20(28)12-18(13-21(24)29)9-8-17-6-4-3-5-7-17)26(38)33(27)11-10-32(25(27)37)19-14-22(35)31(2)30-16-19/h3-7,12-14,16H,10-11,15H2,1-2H3. The summed E-state index contributed by atoms with van der Waals surface area (Å²) in [6.07, 6.45) is 0.824. The molecule has 3 heterocycles. The van der Waals surface area contributed by atoms with Crippen molar-refractivity contribution in [3.8, 4) is 11.8 Å². The van der Waals surface area contributed by atoms with Gasteiger partial charge in [-0.15, -0.1) is 0 Å². The third kappa shape index (κ3) is 4.10. The Balaban J connectivity index is 1.44. The van der Waals surface area contributed by atoms with Crippen molar-refractivity contribution in [3.05, 3.63) is 87.8 Å². The molecule has 38 heavy (non-hydrogen) atoms. The molecule has 0 N–H and O–H groups in total. The number of rotatable bonds is 2. The molecule has 192 valence electrons. The van der Waals surface area contributed by atoms with Gasteiger partial charge in [-0.2, -0.15) is 5.10 Å². The SMILES string of the molecule is Cn1ncc(N2CCN3C(=O)N(c4c(F)cc(C#Cc5ccccc5)cc4F)C(=O)CC3(C)C2=O)cc1=O.